The molecule has 2 aromatic heterocycles. The Hall–Kier alpha value is -4.27. The highest BCUT2D eigenvalue weighted by Gasteiger charge is 2.63. The minimum absolute atomic E-state index is 0.0591. The van der Waals surface area contributed by atoms with Crippen LogP contribution in [-0.2, 0) is 4.79 Å². The summed E-state index contributed by atoms with van der Waals surface area (Å²) >= 11 is 0. The molecule has 3 bridgehead atoms. The zero-order valence-electron chi connectivity index (χ0n) is 22.2. The maximum absolute atomic E-state index is 13.9. The molecule has 0 aliphatic carbocycles. The number of carbonyl (C=O) groups is 3. The average Bonchev–Trinajstić information content (AvgIpc) is 3.68. The number of carbonyl (C=O) groups excluding carboxylic acids is 3. The molecule has 3 fully saturated rings. The van der Waals surface area contributed by atoms with Crippen LogP contribution in [0.4, 0.5) is 0 Å². The zero-order chi connectivity index (χ0) is 27.1. The van der Waals surface area contributed by atoms with Crippen LogP contribution >= 0.6 is 0 Å². The van der Waals surface area contributed by atoms with E-state index < -0.39 is 17.0 Å². The molecule has 1 spiro atoms. The van der Waals surface area contributed by atoms with Gasteiger partial charge in [-0.2, -0.15) is 0 Å². The van der Waals surface area contributed by atoms with E-state index in [0.29, 0.717) is 30.9 Å². The molecule has 39 heavy (non-hydrogen) atoms. The van der Waals surface area contributed by atoms with Gasteiger partial charge >= 0.3 is 0 Å². The molecule has 0 saturated carbocycles. The fourth-order valence-electron chi connectivity index (χ4n) is 7.21. The molecule has 3 aliphatic rings. The van der Waals surface area contributed by atoms with E-state index >= 15 is 0 Å². The number of amides is 3. The molecule has 4 aromatic rings. The fourth-order valence-corrected chi connectivity index (χ4v) is 7.21. The molecule has 3 aliphatic heterocycles. The summed E-state index contributed by atoms with van der Waals surface area (Å²) in [5.41, 5.74) is 1.63. The van der Waals surface area contributed by atoms with Gasteiger partial charge in [0.25, 0.3) is 11.8 Å². The van der Waals surface area contributed by atoms with E-state index in [1.807, 2.05) is 78.2 Å². The van der Waals surface area contributed by atoms with Gasteiger partial charge in [0, 0.05) is 41.0 Å². The molecule has 5 heterocycles. The van der Waals surface area contributed by atoms with Gasteiger partial charge in [-0.3, -0.25) is 14.4 Å². The number of piperazine rings is 1. The molecular formula is C30H31N5O4. The third-order valence-corrected chi connectivity index (χ3v) is 8.94. The van der Waals surface area contributed by atoms with Gasteiger partial charge < -0.3 is 29.8 Å². The van der Waals surface area contributed by atoms with Gasteiger partial charge in [0.05, 0.1) is 18.7 Å². The first kappa shape index (κ1) is 23.8. The second kappa shape index (κ2) is 8.11. The summed E-state index contributed by atoms with van der Waals surface area (Å²) in [5.74, 6) is 0.292. The number of nitrogens with zero attached hydrogens (tertiary/aromatic N) is 2. The number of H-pyrrole nitrogens is 2. The van der Waals surface area contributed by atoms with Crippen molar-refractivity contribution >= 4 is 39.5 Å². The molecule has 9 heteroatoms. The average molecular weight is 526 g/mol. The first-order valence-electron chi connectivity index (χ1n) is 13.4. The number of para-hydroxylation sites is 1. The highest BCUT2D eigenvalue weighted by atomic mass is 16.5. The number of rotatable bonds is 4. The SMILES string of the molecule is COc1ccc2cc(C(=O)N3C[C@@H]4C[C@@]35CN4C(=O)[C@@H](NC(=O)c3cc4ccccc4[nH]3)C(C)(C)C5)[nH]c2c1. The second-order valence-corrected chi connectivity index (χ2v) is 11.9. The van der Waals surface area contributed by atoms with Crippen molar-refractivity contribution in [1.82, 2.24) is 25.1 Å². The Bertz CT molecular complexity index is 1640. The predicted molar refractivity (Wildman–Crippen MR) is 147 cm³/mol. The summed E-state index contributed by atoms with van der Waals surface area (Å²) in [6, 6.07) is 16.3. The molecule has 0 radical (unpaired) electrons. The van der Waals surface area contributed by atoms with Crippen LogP contribution in [0.25, 0.3) is 21.8 Å². The van der Waals surface area contributed by atoms with Gasteiger partial charge in [-0.05, 0) is 48.6 Å². The summed E-state index contributed by atoms with van der Waals surface area (Å²) in [5, 5.41) is 4.93. The quantitative estimate of drug-likeness (QED) is 0.378. The highest BCUT2D eigenvalue weighted by Crippen LogP contribution is 2.51. The second-order valence-electron chi connectivity index (χ2n) is 11.9. The summed E-state index contributed by atoms with van der Waals surface area (Å²) in [6.45, 7) is 5.01. The summed E-state index contributed by atoms with van der Waals surface area (Å²) in [6.07, 6.45) is 1.36. The van der Waals surface area contributed by atoms with Crippen LogP contribution in [0, 0.1) is 5.41 Å². The third kappa shape index (κ3) is 3.56. The molecular weight excluding hydrogens is 494 g/mol. The van der Waals surface area contributed by atoms with Crippen LogP contribution in [0.15, 0.2) is 54.6 Å². The van der Waals surface area contributed by atoms with Crippen molar-refractivity contribution in [3.63, 3.8) is 0 Å². The van der Waals surface area contributed by atoms with Gasteiger partial charge in [-0.15, -0.1) is 0 Å². The van der Waals surface area contributed by atoms with E-state index in [4.69, 9.17) is 4.74 Å². The van der Waals surface area contributed by atoms with Crippen LogP contribution < -0.4 is 10.1 Å². The van der Waals surface area contributed by atoms with Crippen molar-refractivity contribution < 1.29 is 19.1 Å². The maximum Gasteiger partial charge on any atom is 0.270 e. The molecule has 3 atom stereocenters. The number of aromatic nitrogens is 2. The van der Waals surface area contributed by atoms with E-state index in [1.165, 1.54) is 0 Å². The molecule has 200 valence electrons. The topological polar surface area (TPSA) is 111 Å². The largest absolute Gasteiger partial charge is 0.497 e. The lowest BCUT2D eigenvalue weighted by atomic mass is 9.73. The number of fused-ring (bicyclic) bond motifs is 5. The van der Waals surface area contributed by atoms with Crippen LogP contribution in [0.3, 0.4) is 0 Å². The normalized spacial score (nSPS) is 25.4. The van der Waals surface area contributed by atoms with Gasteiger partial charge in [-0.1, -0.05) is 32.0 Å². The van der Waals surface area contributed by atoms with Crippen LogP contribution in [-0.4, -0.2) is 75.3 Å². The van der Waals surface area contributed by atoms with E-state index in [1.54, 1.807) is 7.11 Å². The molecule has 7 rings (SSSR count). The van der Waals surface area contributed by atoms with Crippen LogP contribution in [0.5, 0.6) is 5.75 Å². The number of nitrogens with one attached hydrogen (secondary N) is 3. The van der Waals surface area contributed by atoms with Crippen molar-refractivity contribution in [3.05, 3.63) is 66.0 Å². The number of aromatic amines is 2. The number of likely N-dealkylation sites (tertiary alicyclic amines) is 1. The van der Waals surface area contributed by atoms with Crippen LogP contribution in [0.2, 0.25) is 0 Å². The Morgan fingerprint density at radius 3 is 2.54 bits per heavy atom. The van der Waals surface area contributed by atoms with E-state index in [9.17, 15) is 14.4 Å². The molecule has 3 N–H and O–H groups in total. The summed E-state index contributed by atoms with van der Waals surface area (Å²) in [4.78, 5) is 51.3. The summed E-state index contributed by atoms with van der Waals surface area (Å²) < 4.78 is 5.33. The smallest absolute Gasteiger partial charge is 0.270 e. The number of hydrogen-bond acceptors (Lipinski definition) is 4. The lowest BCUT2D eigenvalue weighted by molar-refractivity contribution is -0.136. The monoisotopic (exact) mass is 525 g/mol. The number of benzene rings is 2. The third-order valence-electron chi connectivity index (χ3n) is 8.94. The Balaban J connectivity index is 1.17. The first-order valence-corrected chi connectivity index (χ1v) is 13.4. The van der Waals surface area contributed by atoms with E-state index in [-0.39, 0.29) is 23.8 Å². The Morgan fingerprint density at radius 1 is 1.00 bits per heavy atom. The molecule has 2 aromatic carbocycles. The highest BCUT2D eigenvalue weighted by molar-refractivity contribution is 6.01. The molecule has 9 nitrogen and oxygen atoms in total. The van der Waals surface area contributed by atoms with Crippen molar-refractivity contribution in [2.45, 2.75) is 44.3 Å². The lowest BCUT2D eigenvalue weighted by Crippen LogP contribution is -2.57. The van der Waals surface area contributed by atoms with Crippen molar-refractivity contribution in [3.8, 4) is 5.75 Å². The van der Waals surface area contributed by atoms with Gasteiger partial charge in [0.15, 0.2) is 0 Å². The van der Waals surface area contributed by atoms with Gasteiger partial charge in [-0.25, -0.2) is 0 Å². The Morgan fingerprint density at radius 2 is 1.74 bits per heavy atom. The number of methoxy groups -OCH3 is 1. The molecule has 3 saturated heterocycles. The minimum Gasteiger partial charge on any atom is -0.497 e. The van der Waals surface area contributed by atoms with E-state index in [2.05, 4.69) is 15.3 Å². The maximum atomic E-state index is 13.9. The summed E-state index contributed by atoms with van der Waals surface area (Å²) in [7, 11) is 1.62. The number of ether oxygens (including phenoxy) is 1. The minimum atomic E-state index is -0.698. The van der Waals surface area contributed by atoms with Gasteiger partial charge in [0.1, 0.15) is 23.2 Å². The first-order chi connectivity index (χ1) is 18.7. The van der Waals surface area contributed by atoms with E-state index in [0.717, 1.165) is 34.0 Å². The lowest BCUT2D eigenvalue weighted by Gasteiger charge is -2.42. The van der Waals surface area contributed by atoms with Crippen LogP contribution in [0.1, 0.15) is 47.7 Å². The number of hydrogen-bond donors (Lipinski definition) is 3. The van der Waals surface area contributed by atoms with Crippen molar-refractivity contribution in [2.75, 3.05) is 20.2 Å². The fraction of sp³-hybridized carbons (Fsp3) is 0.367. The predicted octanol–water partition coefficient (Wildman–Crippen LogP) is 3.68. The van der Waals surface area contributed by atoms with Gasteiger partial charge in [0.2, 0.25) is 5.91 Å². The Labute approximate surface area is 225 Å². The standard InChI is InChI=1S/C30H31N5O4/c1-29(2)15-30-13-19(14-35(30)27(37)24-11-18-8-9-20(39-3)12-22(18)32-24)34(16-30)28(38)25(29)33-26(36)23-10-17-6-4-5-7-21(17)31-23/h4-12,19,25,31-32H,13-16H2,1-3H3,(H,33,36)/t19-,25+,30+/m0/s1. The molecule has 0 unspecified atom stereocenters. The van der Waals surface area contributed by atoms with Crippen molar-refractivity contribution in [1.29, 1.82) is 0 Å². The Kier molecular flexibility index (Phi) is 4.96. The van der Waals surface area contributed by atoms with Crippen molar-refractivity contribution in [2.24, 2.45) is 5.41 Å². The zero-order valence-corrected chi connectivity index (χ0v) is 22.2. The molecule has 3 amide bonds.